The van der Waals surface area contributed by atoms with Gasteiger partial charge in [-0.1, -0.05) is 12.6 Å². The summed E-state index contributed by atoms with van der Waals surface area (Å²) >= 11 is 0. The second-order valence-corrected chi connectivity index (χ2v) is 4.10. The van der Waals surface area contributed by atoms with Crippen molar-refractivity contribution in [3.8, 4) is 0 Å². The number of anilines is 2. The molecule has 0 atom stereocenters. The van der Waals surface area contributed by atoms with E-state index in [0.717, 1.165) is 0 Å². The summed E-state index contributed by atoms with van der Waals surface area (Å²) in [7, 11) is 0. The first kappa shape index (κ1) is 17.6. The van der Waals surface area contributed by atoms with E-state index >= 15 is 0 Å². The van der Waals surface area contributed by atoms with Crippen LogP contribution in [-0.2, 0) is 14.3 Å². The van der Waals surface area contributed by atoms with Gasteiger partial charge < -0.3 is 14.9 Å². The highest BCUT2D eigenvalue weighted by molar-refractivity contribution is 6.43. The van der Waals surface area contributed by atoms with E-state index in [1.54, 1.807) is 31.2 Å². The number of carbonyl (C=O) groups is 3. The van der Waals surface area contributed by atoms with Gasteiger partial charge in [0.2, 0.25) is 5.91 Å². The quantitative estimate of drug-likeness (QED) is 0.337. The topological polar surface area (TPSA) is 113 Å². The minimum atomic E-state index is -0.982. The molecule has 0 aliphatic carbocycles. The van der Waals surface area contributed by atoms with Crippen LogP contribution in [0.25, 0.3) is 4.85 Å². The van der Waals surface area contributed by atoms with E-state index in [2.05, 4.69) is 25.4 Å². The molecule has 0 aliphatic heterocycles. The molecular formula is C14H15N5O4. The molecule has 1 aromatic rings. The zero-order chi connectivity index (χ0) is 17.2. The van der Waals surface area contributed by atoms with Crippen LogP contribution in [0.4, 0.5) is 16.2 Å². The number of amidine groups is 1. The third kappa shape index (κ3) is 6.26. The summed E-state index contributed by atoms with van der Waals surface area (Å²) in [5.74, 6) is -1.78. The molecule has 3 N–H and O–H groups in total. The lowest BCUT2D eigenvalue weighted by Crippen LogP contribution is -2.35. The number of ether oxygens (including phenoxy) is 1. The van der Waals surface area contributed by atoms with Crippen molar-refractivity contribution in [2.24, 2.45) is 5.10 Å². The molecule has 0 aromatic heterocycles. The Kier molecular flexibility index (Phi) is 6.74. The predicted molar refractivity (Wildman–Crippen MR) is 83.6 cm³/mol. The summed E-state index contributed by atoms with van der Waals surface area (Å²) in [5, 5.41) is 8.07. The van der Waals surface area contributed by atoms with Gasteiger partial charge in [-0.15, -0.1) is 0 Å². The van der Waals surface area contributed by atoms with Gasteiger partial charge in [-0.3, -0.25) is 14.9 Å². The Hall–Kier alpha value is -3.41. The second-order valence-electron chi connectivity index (χ2n) is 4.10. The summed E-state index contributed by atoms with van der Waals surface area (Å²) in [6.07, 6.45) is -0.957. The van der Waals surface area contributed by atoms with Crippen LogP contribution in [0.2, 0.25) is 0 Å². The predicted octanol–water partition coefficient (Wildman–Crippen LogP) is 1.56. The zero-order valence-corrected chi connectivity index (χ0v) is 12.5. The highest BCUT2D eigenvalue weighted by Crippen LogP contribution is 2.15. The van der Waals surface area contributed by atoms with Gasteiger partial charge in [-0.05, 0) is 30.2 Å². The third-order valence-electron chi connectivity index (χ3n) is 2.27. The summed E-state index contributed by atoms with van der Waals surface area (Å²) in [4.78, 5) is 36.7. The molecule has 0 spiro atoms. The zero-order valence-electron chi connectivity index (χ0n) is 12.5. The molecule has 0 aliphatic rings. The number of amides is 3. The van der Waals surface area contributed by atoms with E-state index in [4.69, 9.17) is 6.57 Å². The summed E-state index contributed by atoms with van der Waals surface area (Å²) in [5.41, 5.74) is 3.48. The van der Waals surface area contributed by atoms with Gasteiger partial charge in [-0.25, -0.2) is 10.2 Å². The molecule has 0 heterocycles. The molecule has 23 heavy (non-hydrogen) atoms. The molecular weight excluding hydrogens is 302 g/mol. The number of rotatable bonds is 4. The van der Waals surface area contributed by atoms with Crippen molar-refractivity contribution < 1.29 is 19.1 Å². The number of hydrogen-bond acceptors (Lipinski definition) is 6. The Morgan fingerprint density at radius 2 is 2.00 bits per heavy atom. The van der Waals surface area contributed by atoms with Crippen molar-refractivity contribution in [2.75, 3.05) is 17.3 Å². The molecule has 9 heteroatoms. The van der Waals surface area contributed by atoms with E-state index < -0.39 is 17.8 Å². The highest BCUT2D eigenvalue weighted by Gasteiger charge is 2.16. The lowest BCUT2D eigenvalue weighted by atomic mass is 10.3. The maximum atomic E-state index is 11.6. The standard InChI is InChI=1S/C14H15N5O4/c1-4-23-14(22)17-13(21)12(15-3)19-18-11-7-5-6-10(8-11)16-9(2)20/h5-8,18H,4H2,1-2H3,(H,16,20)(H,17,21,22). The summed E-state index contributed by atoms with van der Waals surface area (Å²) in [6.45, 7) is 9.97. The summed E-state index contributed by atoms with van der Waals surface area (Å²) in [6, 6.07) is 6.51. The van der Waals surface area contributed by atoms with Crippen molar-refractivity contribution >= 4 is 35.1 Å². The van der Waals surface area contributed by atoms with Crippen LogP contribution in [-0.4, -0.2) is 30.4 Å². The molecule has 9 nitrogen and oxygen atoms in total. The average molecular weight is 317 g/mol. The van der Waals surface area contributed by atoms with Gasteiger partial charge in [0.15, 0.2) is 0 Å². The van der Waals surface area contributed by atoms with Crippen molar-refractivity contribution in [2.45, 2.75) is 13.8 Å². The average Bonchev–Trinajstić information content (AvgIpc) is 2.47. The third-order valence-corrected chi connectivity index (χ3v) is 2.27. The number of nitrogens with one attached hydrogen (secondary N) is 3. The number of carbonyl (C=O) groups excluding carboxylic acids is 3. The lowest BCUT2D eigenvalue weighted by molar-refractivity contribution is -0.115. The van der Waals surface area contributed by atoms with Crippen LogP contribution in [0.3, 0.4) is 0 Å². The van der Waals surface area contributed by atoms with Crippen LogP contribution in [0, 0.1) is 6.57 Å². The Morgan fingerprint density at radius 3 is 2.61 bits per heavy atom. The van der Waals surface area contributed by atoms with Gasteiger partial charge in [0, 0.05) is 12.6 Å². The SMILES string of the molecule is [C-]#[N+]C(=NNc1cccc(NC(C)=O)c1)C(=O)NC(=O)OCC. The Bertz CT molecular complexity index is 678. The van der Waals surface area contributed by atoms with E-state index in [1.807, 2.05) is 5.32 Å². The van der Waals surface area contributed by atoms with Crippen molar-refractivity contribution in [1.29, 1.82) is 0 Å². The first-order valence-corrected chi connectivity index (χ1v) is 6.53. The molecule has 0 radical (unpaired) electrons. The van der Waals surface area contributed by atoms with Crippen LogP contribution in [0.15, 0.2) is 29.4 Å². The number of alkyl carbamates (subject to hydrolysis) is 1. The van der Waals surface area contributed by atoms with Crippen LogP contribution in [0.1, 0.15) is 13.8 Å². The van der Waals surface area contributed by atoms with Crippen molar-refractivity contribution in [1.82, 2.24) is 5.32 Å². The van der Waals surface area contributed by atoms with Crippen molar-refractivity contribution in [3.05, 3.63) is 35.7 Å². The molecule has 1 rings (SSSR count). The van der Waals surface area contributed by atoms with E-state index in [-0.39, 0.29) is 12.5 Å². The van der Waals surface area contributed by atoms with Crippen molar-refractivity contribution in [3.63, 3.8) is 0 Å². The Balaban J connectivity index is 2.77. The molecule has 0 fully saturated rings. The highest BCUT2D eigenvalue weighted by atomic mass is 16.5. The molecule has 0 bridgehead atoms. The smallest absolute Gasteiger partial charge is 0.413 e. The maximum absolute atomic E-state index is 11.6. The van der Waals surface area contributed by atoms with Gasteiger partial charge in [-0.2, -0.15) is 0 Å². The van der Waals surface area contributed by atoms with E-state index in [9.17, 15) is 14.4 Å². The molecule has 1 aromatic carbocycles. The molecule has 3 amide bonds. The number of nitrogens with zero attached hydrogens (tertiary/aromatic N) is 2. The Labute approximate surface area is 132 Å². The first-order valence-electron chi connectivity index (χ1n) is 6.53. The van der Waals surface area contributed by atoms with Gasteiger partial charge in [0.25, 0.3) is 5.91 Å². The van der Waals surface area contributed by atoms with Crippen LogP contribution in [0.5, 0.6) is 0 Å². The fourth-order valence-electron chi connectivity index (χ4n) is 1.43. The molecule has 120 valence electrons. The monoisotopic (exact) mass is 317 g/mol. The minimum Gasteiger partial charge on any atom is -0.450 e. The largest absolute Gasteiger partial charge is 0.450 e. The Morgan fingerprint density at radius 1 is 1.30 bits per heavy atom. The fraction of sp³-hybridized carbons (Fsp3) is 0.214. The van der Waals surface area contributed by atoms with E-state index in [0.29, 0.717) is 11.4 Å². The first-order chi connectivity index (χ1) is 11.0. The van der Waals surface area contributed by atoms with Crippen LogP contribution >= 0.6 is 0 Å². The number of hydrogen-bond donors (Lipinski definition) is 3. The van der Waals surface area contributed by atoms with Crippen LogP contribution < -0.4 is 16.1 Å². The minimum absolute atomic E-state index is 0.0950. The number of benzene rings is 1. The number of hydrazone groups is 1. The van der Waals surface area contributed by atoms with Gasteiger partial charge in [0.05, 0.1) is 12.3 Å². The normalized spacial score (nSPS) is 10.2. The molecule has 0 unspecified atom stereocenters. The maximum Gasteiger partial charge on any atom is 0.413 e. The van der Waals surface area contributed by atoms with Gasteiger partial charge in [0.1, 0.15) is 0 Å². The number of imide groups is 1. The fourth-order valence-corrected chi connectivity index (χ4v) is 1.43. The lowest BCUT2D eigenvalue weighted by Gasteiger charge is -2.04. The second kappa shape index (κ2) is 8.78. The molecule has 0 saturated heterocycles. The van der Waals surface area contributed by atoms with E-state index in [1.165, 1.54) is 6.92 Å². The summed E-state index contributed by atoms with van der Waals surface area (Å²) < 4.78 is 4.53. The molecule has 0 saturated carbocycles. The van der Waals surface area contributed by atoms with Gasteiger partial charge >= 0.3 is 11.9 Å².